The maximum absolute atomic E-state index is 12.1. The first-order valence-electron chi connectivity index (χ1n) is 6.64. The van der Waals surface area contributed by atoms with Gasteiger partial charge >= 0.3 is 0 Å². The van der Waals surface area contributed by atoms with E-state index in [1.165, 1.54) is 0 Å². The van der Waals surface area contributed by atoms with E-state index in [4.69, 9.17) is 10.3 Å². The van der Waals surface area contributed by atoms with Crippen LogP contribution in [0.2, 0.25) is 0 Å². The summed E-state index contributed by atoms with van der Waals surface area (Å²) >= 11 is 0. The molecule has 1 heterocycles. The first-order valence-corrected chi connectivity index (χ1v) is 6.64. The van der Waals surface area contributed by atoms with Crippen molar-refractivity contribution in [2.45, 2.75) is 47.6 Å². The number of aromatic nitrogens is 1. The van der Waals surface area contributed by atoms with Crippen molar-refractivity contribution in [1.29, 1.82) is 0 Å². The molecule has 1 unspecified atom stereocenters. The van der Waals surface area contributed by atoms with E-state index < -0.39 is 0 Å². The summed E-state index contributed by atoms with van der Waals surface area (Å²) in [7, 11) is 0. The van der Waals surface area contributed by atoms with Crippen molar-refractivity contribution in [2.24, 2.45) is 17.1 Å². The zero-order chi connectivity index (χ0) is 14.6. The Kier molecular flexibility index (Phi) is 5.11. The average molecular weight is 267 g/mol. The number of carbonyl (C=O) groups excluding carboxylic acids is 1. The first kappa shape index (κ1) is 15.7. The van der Waals surface area contributed by atoms with Crippen LogP contribution in [0, 0.1) is 25.2 Å². The fraction of sp³-hybridized carbons (Fsp3) is 0.714. The maximum atomic E-state index is 12.1. The largest absolute Gasteiger partial charge is 0.361 e. The van der Waals surface area contributed by atoms with Gasteiger partial charge in [0.1, 0.15) is 5.76 Å². The van der Waals surface area contributed by atoms with Gasteiger partial charge in [-0.15, -0.1) is 0 Å². The zero-order valence-electron chi connectivity index (χ0n) is 12.5. The van der Waals surface area contributed by atoms with Crippen LogP contribution in [0.4, 0.5) is 0 Å². The minimum absolute atomic E-state index is 0.00238. The van der Waals surface area contributed by atoms with E-state index in [0.29, 0.717) is 13.1 Å². The number of nitrogens with one attached hydrogen (secondary N) is 1. The van der Waals surface area contributed by atoms with E-state index in [2.05, 4.69) is 31.2 Å². The molecule has 5 heteroatoms. The van der Waals surface area contributed by atoms with Gasteiger partial charge in [-0.05, 0) is 25.7 Å². The number of amides is 1. The van der Waals surface area contributed by atoms with Gasteiger partial charge in [-0.1, -0.05) is 25.9 Å². The van der Waals surface area contributed by atoms with Crippen LogP contribution < -0.4 is 11.1 Å². The van der Waals surface area contributed by atoms with Crippen molar-refractivity contribution in [1.82, 2.24) is 10.5 Å². The Morgan fingerprint density at radius 2 is 2.05 bits per heavy atom. The second-order valence-electron chi connectivity index (χ2n) is 6.22. The minimum Gasteiger partial charge on any atom is -0.361 e. The highest BCUT2D eigenvalue weighted by atomic mass is 16.5. The molecule has 0 aliphatic carbocycles. The van der Waals surface area contributed by atoms with E-state index in [9.17, 15) is 4.79 Å². The average Bonchev–Trinajstić information content (AvgIpc) is 2.62. The summed E-state index contributed by atoms with van der Waals surface area (Å²) in [5.74, 6) is 0.593. The number of hydrogen-bond donors (Lipinski definition) is 2. The second kappa shape index (κ2) is 6.19. The van der Waals surface area contributed by atoms with Crippen LogP contribution in [0.25, 0.3) is 0 Å². The highest BCUT2D eigenvalue weighted by molar-refractivity contribution is 5.78. The summed E-state index contributed by atoms with van der Waals surface area (Å²) in [5.41, 5.74) is 7.55. The van der Waals surface area contributed by atoms with E-state index >= 15 is 0 Å². The lowest BCUT2D eigenvalue weighted by atomic mass is 9.84. The molecule has 0 bridgehead atoms. The van der Waals surface area contributed by atoms with Crippen LogP contribution in [0.15, 0.2) is 4.52 Å². The van der Waals surface area contributed by atoms with Crippen LogP contribution in [0.3, 0.4) is 0 Å². The number of nitrogens with two attached hydrogens (primary N) is 1. The molecule has 0 saturated carbocycles. The molecule has 1 amide bonds. The number of hydrogen-bond acceptors (Lipinski definition) is 4. The number of aryl methyl sites for hydroxylation is 2. The third-order valence-corrected chi connectivity index (χ3v) is 3.13. The molecule has 0 saturated heterocycles. The minimum atomic E-state index is -0.152. The van der Waals surface area contributed by atoms with Crippen LogP contribution in [-0.2, 0) is 11.3 Å². The van der Waals surface area contributed by atoms with Gasteiger partial charge in [0.25, 0.3) is 0 Å². The molecule has 108 valence electrons. The summed E-state index contributed by atoms with van der Waals surface area (Å²) in [4.78, 5) is 12.1. The predicted octanol–water partition coefficient (Wildman–Crippen LogP) is 1.92. The molecule has 5 nitrogen and oxygen atoms in total. The highest BCUT2D eigenvalue weighted by Crippen LogP contribution is 2.24. The molecule has 0 aliphatic rings. The summed E-state index contributed by atoms with van der Waals surface area (Å²) in [6.45, 7) is 10.8. The monoisotopic (exact) mass is 267 g/mol. The van der Waals surface area contributed by atoms with Gasteiger partial charge in [0, 0.05) is 18.7 Å². The second-order valence-corrected chi connectivity index (χ2v) is 6.22. The SMILES string of the molecule is Cc1noc(C)c1CNC(=O)C(CN)CC(C)(C)C. The number of nitrogens with zero attached hydrogens (tertiary/aromatic N) is 1. The van der Waals surface area contributed by atoms with Gasteiger partial charge < -0.3 is 15.6 Å². The Labute approximate surface area is 114 Å². The van der Waals surface area contributed by atoms with Crippen LogP contribution in [0.5, 0.6) is 0 Å². The molecule has 0 radical (unpaired) electrons. The molecule has 1 aromatic heterocycles. The molecule has 1 aromatic rings. The molecule has 0 aromatic carbocycles. The van der Waals surface area contributed by atoms with Gasteiger partial charge in [-0.2, -0.15) is 0 Å². The molecule has 0 aliphatic heterocycles. The fourth-order valence-corrected chi connectivity index (χ4v) is 2.10. The Balaban J connectivity index is 2.59. The lowest BCUT2D eigenvalue weighted by Crippen LogP contribution is -2.37. The zero-order valence-corrected chi connectivity index (χ0v) is 12.5. The lowest BCUT2D eigenvalue weighted by molar-refractivity contribution is -0.125. The van der Waals surface area contributed by atoms with E-state index in [1.807, 2.05) is 13.8 Å². The van der Waals surface area contributed by atoms with Gasteiger partial charge in [0.05, 0.1) is 11.6 Å². The van der Waals surface area contributed by atoms with Crippen LogP contribution in [-0.4, -0.2) is 17.6 Å². The Hall–Kier alpha value is -1.36. The molecule has 0 spiro atoms. The smallest absolute Gasteiger partial charge is 0.224 e. The third kappa shape index (κ3) is 4.67. The van der Waals surface area contributed by atoms with E-state index in [0.717, 1.165) is 23.4 Å². The molecule has 3 N–H and O–H groups in total. The van der Waals surface area contributed by atoms with Gasteiger partial charge in [-0.3, -0.25) is 4.79 Å². The van der Waals surface area contributed by atoms with Gasteiger partial charge in [0.15, 0.2) is 0 Å². The van der Waals surface area contributed by atoms with Crippen LogP contribution in [0.1, 0.15) is 44.2 Å². The molecule has 19 heavy (non-hydrogen) atoms. The van der Waals surface area contributed by atoms with Gasteiger partial charge in [0.2, 0.25) is 5.91 Å². The summed E-state index contributed by atoms with van der Waals surface area (Å²) in [5, 5.41) is 6.79. The van der Waals surface area contributed by atoms with Crippen molar-refractivity contribution < 1.29 is 9.32 Å². The molecular formula is C14H25N3O2. The van der Waals surface area contributed by atoms with Crippen molar-refractivity contribution in [3.63, 3.8) is 0 Å². The van der Waals surface area contributed by atoms with Crippen molar-refractivity contribution >= 4 is 5.91 Å². The first-order chi connectivity index (χ1) is 8.74. The van der Waals surface area contributed by atoms with E-state index in [-0.39, 0.29) is 17.2 Å². The Morgan fingerprint density at radius 3 is 2.47 bits per heavy atom. The van der Waals surface area contributed by atoms with Crippen LogP contribution >= 0.6 is 0 Å². The molecule has 0 fully saturated rings. The van der Waals surface area contributed by atoms with E-state index in [1.54, 1.807) is 0 Å². The van der Waals surface area contributed by atoms with Crippen molar-refractivity contribution in [3.8, 4) is 0 Å². The van der Waals surface area contributed by atoms with Crippen molar-refractivity contribution in [2.75, 3.05) is 6.54 Å². The lowest BCUT2D eigenvalue weighted by Gasteiger charge is -2.24. The number of carbonyl (C=O) groups is 1. The third-order valence-electron chi connectivity index (χ3n) is 3.13. The standard InChI is InChI=1S/C14H25N3O2/c1-9-12(10(2)19-17-9)8-16-13(18)11(7-15)6-14(3,4)5/h11H,6-8,15H2,1-5H3,(H,16,18). The fourth-order valence-electron chi connectivity index (χ4n) is 2.10. The molecule has 1 rings (SSSR count). The topological polar surface area (TPSA) is 81.2 Å². The number of rotatable bonds is 5. The summed E-state index contributed by atoms with van der Waals surface area (Å²) < 4.78 is 5.07. The predicted molar refractivity (Wildman–Crippen MR) is 74.4 cm³/mol. The molecular weight excluding hydrogens is 242 g/mol. The molecule has 1 atom stereocenters. The normalized spacial score (nSPS) is 13.4. The van der Waals surface area contributed by atoms with Gasteiger partial charge in [-0.25, -0.2) is 0 Å². The summed E-state index contributed by atoms with van der Waals surface area (Å²) in [6, 6.07) is 0. The summed E-state index contributed by atoms with van der Waals surface area (Å²) in [6.07, 6.45) is 0.775. The quantitative estimate of drug-likeness (QED) is 0.854. The maximum Gasteiger partial charge on any atom is 0.224 e. The Bertz CT molecular complexity index is 413. The highest BCUT2D eigenvalue weighted by Gasteiger charge is 2.24. The Morgan fingerprint density at radius 1 is 1.42 bits per heavy atom. The van der Waals surface area contributed by atoms with Crippen molar-refractivity contribution in [3.05, 3.63) is 17.0 Å².